The summed E-state index contributed by atoms with van der Waals surface area (Å²) in [5.41, 5.74) is 10.4. The summed E-state index contributed by atoms with van der Waals surface area (Å²) in [5, 5.41) is 0. The highest BCUT2D eigenvalue weighted by Gasteiger charge is 2.05. The van der Waals surface area contributed by atoms with Crippen molar-refractivity contribution in [2.75, 3.05) is 11.9 Å². The molecule has 0 spiro atoms. The molecule has 0 atom stereocenters. The van der Waals surface area contributed by atoms with E-state index in [1.165, 1.54) is 11.3 Å². The summed E-state index contributed by atoms with van der Waals surface area (Å²) in [6, 6.07) is 14.6. The maximum atomic E-state index is 5.68. The van der Waals surface area contributed by atoms with Crippen molar-refractivity contribution in [3.63, 3.8) is 0 Å². The number of nitrogens with two attached hydrogens (primary N) is 1. The average molecular weight is 305 g/mol. The van der Waals surface area contributed by atoms with E-state index in [9.17, 15) is 0 Å². The van der Waals surface area contributed by atoms with Crippen LogP contribution in [0.15, 0.2) is 46.9 Å². The van der Waals surface area contributed by atoms with Gasteiger partial charge in [0.15, 0.2) is 0 Å². The zero-order chi connectivity index (χ0) is 13.1. The molecular weight excluding hydrogens is 288 g/mol. The average Bonchev–Trinajstić information content (AvgIpc) is 2.41. The van der Waals surface area contributed by atoms with Crippen molar-refractivity contribution in [1.82, 2.24) is 0 Å². The van der Waals surface area contributed by atoms with Crippen LogP contribution >= 0.6 is 15.9 Å². The fraction of sp³-hybridized carbons (Fsp3) is 0.200. The van der Waals surface area contributed by atoms with Gasteiger partial charge in [0.05, 0.1) is 0 Å². The summed E-state index contributed by atoms with van der Waals surface area (Å²) >= 11 is 3.52. The molecule has 2 nitrogen and oxygen atoms in total. The Morgan fingerprint density at radius 1 is 1.11 bits per heavy atom. The molecule has 18 heavy (non-hydrogen) atoms. The van der Waals surface area contributed by atoms with Crippen molar-refractivity contribution < 1.29 is 0 Å². The Morgan fingerprint density at radius 2 is 1.83 bits per heavy atom. The maximum absolute atomic E-state index is 5.68. The Labute approximate surface area is 117 Å². The molecule has 94 valence electrons. The van der Waals surface area contributed by atoms with Crippen LogP contribution < -0.4 is 10.6 Å². The minimum Gasteiger partial charge on any atom is -0.345 e. The van der Waals surface area contributed by atoms with E-state index in [0.29, 0.717) is 6.54 Å². The minimum atomic E-state index is 0.570. The Bertz CT molecular complexity index is 552. The second kappa shape index (κ2) is 5.55. The van der Waals surface area contributed by atoms with Crippen molar-refractivity contribution in [1.29, 1.82) is 0 Å². The first-order chi connectivity index (χ1) is 8.61. The number of aryl methyl sites for hydroxylation is 1. The molecule has 0 amide bonds. The third-order valence-electron chi connectivity index (χ3n) is 3.06. The molecule has 0 radical (unpaired) electrons. The molecular formula is C15H17BrN2. The number of benzene rings is 2. The predicted molar refractivity (Wildman–Crippen MR) is 81.3 cm³/mol. The van der Waals surface area contributed by atoms with Gasteiger partial charge < -0.3 is 10.6 Å². The Kier molecular flexibility index (Phi) is 4.04. The second-order valence-corrected chi connectivity index (χ2v) is 5.22. The molecule has 0 aliphatic rings. The number of halogens is 1. The monoisotopic (exact) mass is 304 g/mol. The van der Waals surface area contributed by atoms with Crippen molar-refractivity contribution in [3.05, 3.63) is 58.1 Å². The highest BCUT2D eigenvalue weighted by molar-refractivity contribution is 9.10. The summed E-state index contributed by atoms with van der Waals surface area (Å²) in [5.74, 6) is 0. The van der Waals surface area contributed by atoms with Crippen LogP contribution in [0.2, 0.25) is 0 Å². The first kappa shape index (κ1) is 13.1. The van der Waals surface area contributed by atoms with E-state index in [-0.39, 0.29) is 0 Å². The molecule has 2 N–H and O–H groups in total. The number of hydrogen-bond acceptors (Lipinski definition) is 2. The quantitative estimate of drug-likeness (QED) is 0.929. The van der Waals surface area contributed by atoms with Gasteiger partial charge in [-0.1, -0.05) is 28.1 Å². The fourth-order valence-electron chi connectivity index (χ4n) is 1.88. The lowest BCUT2D eigenvalue weighted by atomic mass is 10.1. The number of rotatable bonds is 3. The third-order valence-corrected chi connectivity index (χ3v) is 3.95. The minimum absolute atomic E-state index is 0.570. The first-order valence-electron chi connectivity index (χ1n) is 5.90. The summed E-state index contributed by atoms with van der Waals surface area (Å²) in [6.45, 7) is 2.67. The third kappa shape index (κ3) is 2.74. The molecule has 3 heteroatoms. The number of hydrogen-bond donors (Lipinski definition) is 1. The van der Waals surface area contributed by atoms with Gasteiger partial charge >= 0.3 is 0 Å². The molecule has 0 heterocycles. The van der Waals surface area contributed by atoms with Crippen LogP contribution in [0.3, 0.4) is 0 Å². The van der Waals surface area contributed by atoms with E-state index >= 15 is 0 Å². The largest absolute Gasteiger partial charge is 0.345 e. The van der Waals surface area contributed by atoms with Gasteiger partial charge in [0, 0.05) is 29.4 Å². The second-order valence-electron chi connectivity index (χ2n) is 4.37. The van der Waals surface area contributed by atoms with Crippen LogP contribution in [0.1, 0.15) is 11.1 Å². The Hall–Kier alpha value is -1.32. The van der Waals surface area contributed by atoms with Gasteiger partial charge in [-0.15, -0.1) is 0 Å². The lowest BCUT2D eigenvalue weighted by Gasteiger charge is -2.21. The van der Waals surface area contributed by atoms with E-state index in [4.69, 9.17) is 5.73 Å². The van der Waals surface area contributed by atoms with Crippen LogP contribution in [0.25, 0.3) is 0 Å². The molecule has 0 aliphatic carbocycles. The standard InChI is InChI=1S/C15H17BrN2/c1-11-8-14(6-7-15(11)16)18(2)13-5-3-4-12(9-13)10-17/h3-9H,10,17H2,1-2H3. The zero-order valence-corrected chi connectivity index (χ0v) is 12.2. The summed E-state index contributed by atoms with van der Waals surface area (Å²) < 4.78 is 1.13. The molecule has 0 bridgehead atoms. The highest BCUT2D eigenvalue weighted by Crippen LogP contribution is 2.27. The summed E-state index contributed by atoms with van der Waals surface area (Å²) in [4.78, 5) is 2.17. The Morgan fingerprint density at radius 3 is 2.50 bits per heavy atom. The molecule has 0 aromatic heterocycles. The van der Waals surface area contributed by atoms with Gasteiger partial charge in [0.25, 0.3) is 0 Å². The predicted octanol–water partition coefficient (Wildman–Crippen LogP) is 3.98. The number of nitrogens with zero attached hydrogens (tertiary/aromatic N) is 1. The van der Waals surface area contributed by atoms with Gasteiger partial charge in [-0.25, -0.2) is 0 Å². The molecule has 2 rings (SSSR count). The van der Waals surface area contributed by atoms with Crippen LogP contribution in [0.5, 0.6) is 0 Å². The SMILES string of the molecule is Cc1cc(N(C)c2cccc(CN)c2)ccc1Br. The van der Waals surface area contributed by atoms with Crippen LogP contribution in [-0.2, 0) is 6.54 Å². The highest BCUT2D eigenvalue weighted by atomic mass is 79.9. The normalized spacial score (nSPS) is 10.4. The lowest BCUT2D eigenvalue weighted by Crippen LogP contribution is -2.10. The zero-order valence-electron chi connectivity index (χ0n) is 10.7. The molecule has 2 aromatic rings. The van der Waals surface area contributed by atoms with Crippen molar-refractivity contribution in [3.8, 4) is 0 Å². The van der Waals surface area contributed by atoms with E-state index in [2.05, 4.69) is 65.1 Å². The smallest absolute Gasteiger partial charge is 0.0411 e. The van der Waals surface area contributed by atoms with Gasteiger partial charge in [0.1, 0.15) is 0 Å². The van der Waals surface area contributed by atoms with E-state index in [0.717, 1.165) is 15.7 Å². The van der Waals surface area contributed by atoms with Crippen LogP contribution in [-0.4, -0.2) is 7.05 Å². The van der Waals surface area contributed by atoms with E-state index in [1.54, 1.807) is 0 Å². The molecule has 0 aliphatic heterocycles. The van der Waals surface area contributed by atoms with Crippen molar-refractivity contribution >= 4 is 27.3 Å². The summed E-state index contributed by atoms with van der Waals surface area (Å²) in [7, 11) is 2.07. The van der Waals surface area contributed by atoms with Crippen LogP contribution in [0, 0.1) is 6.92 Å². The van der Waals surface area contributed by atoms with Crippen LogP contribution in [0.4, 0.5) is 11.4 Å². The molecule has 0 unspecified atom stereocenters. The van der Waals surface area contributed by atoms with Gasteiger partial charge in [-0.2, -0.15) is 0 Å². The van der Waals surface area contributed by atoms with Gasteiger partial charge in [-0.05, 0) is 48.4 Å². The number of anilines is 2. The van der Waals surface area contributed by atoms with E-state index in [1.807, 2.05) is 12.1 Å². The maximum Gasteiger partial charge on any atom is 0.0411 e. The van der Waals surface area contributed by atoms with Gasteiger partial charge in [-0.3, -0.25) is 0 Å². The lowest BCUT2D eigenvalue weighted by molar-refractivity contribution is 1.06. The summed E-state index contributed by atoms with van der Waals surface area (Å²) in [6.07, 6.45) is 0. The molecule has 0 saturated carbocycles. The van der Waals surface area contributed by atoms with E-state index < -0.39 is 0 Å². The molecule has 2 aromatic carbocycles. The molecule has 0 fully saturated rings. The van der Waals surface area contributed by atoms with Crippen molar-refractivity contribution in [2.24, 2.45) is 5.73 Å². The fourth-order valence-corrected chi connectivity index (χ4v) is 2.13. The Balaban J connectivity index is 2.34. The first-order valence-corrected chi connectivity index (χ1v) is 6.70. The van der Waals surface area contributed by atoms with Crippen molar-refractivity contribution in [2.45, 2.75) is 13.5 Å². The topological polar surface area (TPSA) is 29.3 Å². The molecule has 0 saturated heterocycles. The van der Waals surface area contributed by atoms with Gasteiger partial charge in [0.2, 0.25) is 0 Å².